The molecule has 13 N–H and O–H groups in total. The van der Waals surface area contributed by atoms with Gasteiger partial charge in [0.05, 0.1) is 24.8 Å². The van der Waals surface area contributed by atoms with Crippen molar-refractivity contribution in [3.05, 3.63) is 35.9 Å². The molecule has 0 bridgehead atoms. The first kappa shape index (κ1) is 58.9. The highest BCUT2D eigenvalue weighted by Crippen LogP contribution is 2.17. The van der Waals surface area contributed by atoms with Crippen LogP contribution in [0, 0.1) is 5.92 Å². The van der Waals surface area contributed by atoms with Gasteiger partial charge < -0.3 is 67.9 Å². The van der Waals surface area contributed by atoms with Gasteiger partial charge in [-0.25, -0.2) is 14.4 Å². The first-order valence-corrected chi connectivity index (χ1v) is 21.6. The summed E-state index contributed by atoms with van der Waals surface area (Å²) in [5.74, 6) is -13.6. The van der Waals surface area contributed by atoms with E-state index in [2.05, 4.69) is 43.9 Å². The van der Waals surface area contributed by atoms with Crippen LogP contribution in [0.15, 0.2) is 30.3 Å². The summed E-state index contributed by atoms with van der Waals surface area (Å²) in [6, 6.07) is -0.174. The maximum Gasteiger partial charge on any atom is 0.327 e. The predicted molar refractivity (Wildman–Crippen MR) is 234 cm³/mol. The molecule has 6 amide bonds. The molecule has 1 aromatic rings. The number of carbonyl (C=O) groups is 13. The van der Waals surface area contributed by atoms with Crippen LogP contribution in [0.4, 0.5) is 4.79 Å². The number of Topliss-reactive ketones (excluding diaryl/α,β-unsaturated/α-hetero) is 2. The molecule has 0 aliphatic carbocycles. The number of nitrogens with two attached hydrogens (primary N) is 1. The summed E-state index contributed by atoms with van der Waals surface area (Å²) in [5.41, 5.74) is 6.42. The lowest BCUT2D eigenvalue weighted by atomic mass is 9.91. The lowest BCUT2D eigenvalue weighted by molar-refractivity contribution is -0.144. The second-order valence-electron chi connectivity index (χ2n) is 15.2. The van der Waals surface area contributed by atoms with Crippen LogP contribution in [0.5, 0.6) is 0 Å². The third kappa shape index (κ3) is 24.9. The smallest absolute Gasteiger partial charge is 0.327 e. The zero-order valence-electron chi connectivity index (χ0n) is 36.6. The van der Waals surface area contributed by atoms with Gasteiger partial charge >= 0.3 is 35.9 Å². The van der Waals surface area contributed by atoms with Crippen LogP contribution >= 0.6 is 12.6 Å². The van der Waals surface area contributed by atoms with Gasteiger partial charge in [-0.1, -0.05) is 30.3 Å². The Labute approximate surface area is 393 Å². The van der Waals surface area contributed by atoms with Crippen molar-refractivity contribution < 1.29 is 92.6 Å². The van der Waals surface area contributed by atoms with Gasteiger partial charge in [-0.2, -0.15) is 12.6 Å². The summed E-state index contributed by atoms with van der Waals surface area (Å²) in [5, 5.41) is 59.8. The van der Waals surface area contributed by atoms with E-state index in [4.69, 9.17) is 21.1 Å². The number of carboxylic acid groups (broad SMARTS) is 5. The average Bonchev–Trinajstić information content (AvgIpc) is 3.27. The summed E-state index contributed by atoms with van der Waals surface area (Å²) in [4.78, 5) is 157. The molecule has 376 valence electrons. The fraction of sp³-hybridized carbons (Fsp3) is 0.537. The van der Waals surface area contributed by atoms with E-state index in [1.54, 1.807) is 30.3 Å². The standard InChI is InChI=1S/C41H57N7O19S/c42-25(36(58)45-28(18-35(56)57)37(59)46-29(20-68)40(64)65)19-43-31(52)13-10-23(38(60)61)17-30(51)27(16-22-6-2-1-3-7-22)44-32(53)9-5-4-8-24(50)11-12-26(39(62)63)47-41(66)48-33(67-21-49)14-15-34(54)55/h1-3,6-7,21,23,25-29,33,68H,4-5,8-20,42H2,(H,43,52)(H,44,53)(H,45,58)(H,46,59)(H,54,55)(H,56,57)(H,60,61)(H,62,63)(H,64,65)(H2,47,48,66)/t23-,25+,26+,27+,28+,29+,33-/m1/s1. The van der Waals surface area contributed by atoms with Crippen molar-refractivity contribution in [3.8, 4) is 0 Å². The van der Waals surface area contributed by atoms with E-state index in [-0.39, 0.29) is 70.0 Å². The topological polar surface area (TPSA) is 430 Å². The number of rotatable bonds is 36. The summed E-state index contributed by atoms with van der Waals surface area (Å²) in [6.07, 6.45) is -5.04. The Morgan fingerprint density at radius 2 is 1.25 bits per heavy atom. The fourth-order valence-corrected chi connectivity index (χ4v) is 6.28. The Kier molecular flexibility index (Phi) is 27.4. The highest BCUT2D eigenvalue weighted by molar-refractivity contribution is 7.80. The largest absolute Gasteiger partial charge is 0.481 e. The number of benzene rings is 1. The quantitative estimate of drug-likeness (QED) is 0.0151. The fourth-order valence-electron chi connectivity index (χ4n) is 6.03. The zero-order chi connectivity index (χ0) is 51.3. The van der Waals surface area contributed by atoms with E-state index in [9.17, 15) is 72.5 Å². The number of hydrogen-bond donors (Lipinski definition) is 13. The van der Waals surface area contributed by atoms with Crippen LogP contribution in [0.2, 0.25) is 0 Å². The predicted octanol–water partition coefficient (Wildman–Crippen LogP) is -1.92. The molecule has 0 fully saturated rings. The molecule has 7 atom stereocenters. The van der Waals surface area contributed by atoms with Gasteiger partial charge in [0.2, 0.25) is 23.6 Å². The number of carboxylic acids is 5. The molecule has 0 heterocycles. The van der Waals surface area contributed by atoms with Gasteiger partial charge in [0.15, 0.2) is 12.0 Å². The molecule has 0 aromatic heterocycles. The third-order valence-electron chi connectivity index (χ3n) is 9.75. The van der Waals surface area contributed by atoms with Crippen molar-refractivity contribution in [2.75, 3.05) is 12.3 Å². The minimum Gasteiger partial charge on any atom is -0.481 e. The molecule has 0 aliphatic rings. The number of hydrogen-bond acceptors (Lipinski definition) is 16. The molecule has 1 rings (SSSR count). The molecular formula is C41H57N7O19S. The zero-order valence-corrected chi connectivity index (χ0v) is 37.5. The van der Waals surface area contributed by atoms with Crippen molar-refractivity contribution in [1.82, 2.24) is 31.9 Å². The van der Waals surface area contributed by atoms with Crippen molar-refractivity contribution in [2.24, 2.45) is 11.7 Å². The minimum atomic E-state index is -1.75. The number of aliphatic carboxylic acids is 5. The summed E-state index contributed by atoms with van der Waals surface area (Å²) in [7, 11) is 0. The number of carbonyl (C=O) groups excluding carboxylic acids is 8. The van der Waals surface area contributed by atoms with Crippen molar-refractivity contribution >= 4 is 90.2 Å². The Bertz CT molecular complexity index is 1960. The lowest BCUT2D eigenvalue weighted by Crippen LogP contribution is -2.57. The van der Waals surface area contributed by atoms with E-state index in [1.165, 1.54) is 0 Å². The van der Waals surface area contributed by atoms with Crippen LogP contribution in [0.3, 0.4) is 0 Å². The average molecular weight is 984 g/mol. The van der Waals surface area contributed by atoms with E-state index in [0.29, 0.717) is 5.56 Å². The summed E-state index contributed by atoms with van der Waals surface area (Å²) in [6.45, 7) is -0.580. The van der Waals surface area contributed by atoms with Crippen LogP contribution < -0.4 is 37.6 Å². The SMILES string of the molecule is N[C@@H](CNC(=O)CC[C@H](CC(=O)[C@H](Cc1ccccc1)NC(=O)CCCCC(=O)CC[C@H](NC(=O)N[C@@H](CCC(=O)O)OC=O)C(=O)O)C(=O)O)C(=O)N[C@@H](CC(=O)O)C(=O)N[C@@H](CS)C(=O)O. The lowest BCUT2D eigenvalue weighted by Gasteiger charge is -2.21. The molecule has 1 aromatic carbocycles. The first-order valence-electron chi connectivity index (χ1n) is 21.0. The molecule has 0 saturated carbocycles. The van der Waals surface area contributed by atoms with E-state index in [1.807, 2.05) is 5.32 Å². The molecule has 68 heavy (non-hydrogen) atoms. The maximum absolute atomic E-state index is 13.5. The number of amides is 6. The Balaban J connectivity index is 2.77. The molecule has 0 radical (unpaired) electrons. The molecule has 0 spiro atoms. The highest BCUT2D eigenvalue weighted by Gasteiger charge is 2.31. The number of ether oxygens (including phenoxy) is 1. The van der Waals surface area contributed by atoms with Crippen LogP contribution in [-0.4, -0.2) is 152 Å². The van der Waals surface area contributed by atoms with Crippen LogP contribution in [0.1, 0.15) is 82.6 Å². The number of nitrogens with one attached hydrogen (secondary N) is 6. The molecule has 0 aliphatic heterocycles. The van der Waals surface area contributed by atoms with Gasteiger partial charge in [-0.05, 0) is 37.7 Å². The van der Waals surface area contributed by atoms with E-state index >= 15 is 0 Å². The molecule has 27 heteroatoms. The molecule has 26 nitrogen and oxygen atoms in total. The monoisotopic (exact) mass is 983 g/mol. The Hall–Kier alpha value is -7.16. The Morgan fingerprint density at radius 1 is 0.618 bits per heavy atom. The molecule has 0 saturated heterocycles. The second-order valence-corrected chi connectivity index (χ2v) is 15.5. The van der Waals surface area contributed by atoms with E-state index < -0.39 is 146 Å². The number of unbranched alkanes of at least 4 members (excludes halogenated alkanes) is 1. The number of urea groups is 1. The minimum absolute atomic E-state index is 0.0229. The van der Waals surface area contributed by atoms with Crippen molar-refractivity contribution in [1.29, 1.82) is 0 Å². The van der Waals surface area contributed by atoms with Crippen molar-refractivity contribution in [2.45, 2.75) is 120 Å². The summed E-state index contributed by atoms with van der Waals surface area (Å²) < 4.78 is 4.59. The molecular weight excluding hydrogens is 927 g/mol. The van der Waals surface area contributed by atoms with Crippen LogP contribution in [0.25, 0.3) is 0 Å². The molecule has 0 unspecified atom stereocenters. The third-order valence-corrected chi connectivity index (χ3v) is 10.1. The van der Waals surface area contributed by atoms with Gasteiger partial charge in [0.1, 0.15) is 30.0 Å². The maximum atomic E-state index is 13.5. The number of ketones is 2. The summed E-state index contributed by atoms with van der Waals surface area (Å²) >= 11 is 3.80. The van der Waals surface area contributed by atoms with Gasteiger partial charge in [-0.3, -0.25) is 47.9 Å². The highest BCUT2D eigenvalue weighted by atomic mass is 32.1. The first-order chi connectivity index (χ1) is 32.1. The number of thiol groups is 1. The van der Waals surface area contributed by atoms with Crippen molar-refractivity contribution in [3.63, 3.8) is 0 Å². The normalized spacial score (nSPS) is 13.8. The van der Waals surface area contributed by atoms with Gasteiger partial charge in [0.25, 0.3) is 6.47 Å². The Morgan fingerprint density at radius 3 is 1.82 bits per heavy atom. The van der Waals surface area contributed by atoms with E-state index in [0.717, 1.165) is 0 Å². The van der Waals surface area contributed by atoms with Gasteiger partial charge in [-0.15, -0.1) is 0 Å². The van der Waals surface area contributed by atoms with Crippen LogP contribution in [-0.2, 0) is 68.7 Å². The second kappa shape index (κ2) is 31.7. The van der Waals surface area contributed by atoms with Gasteiger partial charge in [0, 0.05) is 50.8 Å².